The molecule has 1 aliphatic heterocycles. The summed E-state index contributed by atoms with van der Waals surface area (Å²) < 4.78 is 59.2. The molecule has 0 radical (unpaired) electrons. The molecule has 0 saturated heterocycles. The van der Waals surface area contributed by atoms with E-state index in [1.807, 2.05) is 19.9 Å². The molecule has 4 rings (SSSR count). The third-order valence-corrected chi connectivity index (χ3v) is 7.09. The van der Waals surface area contributed by atoms with Gasteiger partial charge in [0, 0.05) is 11.1 Å². The maximum Gasteiger partial charge on any atom is 0.471 e. The number of aryl methyl sites for hydroxylation is 2. The molecule has 0 saturated carbocycles. The third kappa shape index (κ3) is 5.47. The average molecular weight is 524 g/mol. The van der Waals surface area contributed by atoms with Crippen molar-refractivity contribution >= 4 is 22.5 Å². The molecule has 0 aliphatic carbocycles. The Labute approximate surface area is 213 Å². The standard InChI is InChI=1S/C27H20F3N3O3S/c1-16-6-10-18(11-7-16)22-20(15-31)25(33-26(34)27(28,29)30)36-23(21-5-3-4-14-32-21)24(22)37(35)19-12-8-17(2)9-13-19/h3-14,22H,1-2H3,(H,33,34). The van der Waals surface area contributed by atoms with E-state index in [0.717, 1.165) is 11.1 Å². The first-order chi connectivity index (χ1) is 17.6. The molecule has 6 nitrogen and oxygen atoms in total. The van der Waals surface area contributed by atoms with Gasteiger partial charge in [-0.2, -0.15) is 18.4 Å². The lowest BCUT2D eigenvalue weighted by Gasteiger charge is -2.30. The van der Waals surface area contributed by atoms with Gasteiger partial charge in [0.25, 0.3) is 0 Å². The highest BCUT2D eigenvalue weighted by Crippen LogP contribution is 2.45. The van der Waals surface area contributed by atoms with Gasteiger partial charge in [-0.3, -0.25) is 15.1 Å². The van der Waals surface area contributed by atoms with E-state index in [1.165, 1.54) is 12.3 Å². The molecule has 2 heterocycles. The molecule has 2 unspecified atom stereocenters. The van der Waals surface area contributed by atoms with Gasteiger partial charge in [0.2, 0.25) is 5.88 Å². The number of amides is 1. The van der Waals surface area contributed by atoms with Crippen LogP contribution in [0.4, 0.5) is 13.2 Å². The summed E-state index contributed by atoms with van der Waals surface area (Å²) in [6, 6.07) is 20.4. The van der Waals surface area contributed by atoms with Crippen LogP contribution in [0.5, 0.6) is 0 Å². The van der Waals surface area contributed by atoms with Crippen molar-refractivity contribution in [2.75, 3.05) is 0 Å². The van der Waals surface area contributed by atoms with Crippen molar-refractivity contribution in [1.82, 2.24) is 10.3 Å². The van der Waals surface area contributed by atoms with Crippen molar-refractivity contribution in [2.24, 2.45) is 0 Å². The molecule has 1 aliphatic rings. The minimum atomic E-state index is -5.23. The highest BCUT2D eigenvalue weighted by atomic mass is 32.2. The van der Waals surface area contributed by atoms with Crippen molar-refractivity contribution < 1.29 is 26.9 Å². The summed E-state index contributed by atoms with van der Waals surface area (Å²) in [5.74, 6) is -4.20. The Bertz CT molecular complexity index is 1460. The Morgan fingerprint density at radius 1 is 1.03 bits per heavy atom. The number of nitrogens with one attached hydrogen (secondary N) is 1. The third-order valence-electron chi connectivity index (χ3n) is 5.57. The molecule has 2 aromatic carbocycles. The summed E-state index contributed by atoms with van der Waals surface area (Å²) in [6.07, 6.45) is -3.79. The normalized spacial score (nSPS) is 16.6. The van der Waals surface area contributed by atoms with Gasteiger partial charge in [0.15, 0.2) is 5.76 Å². The number of nitriles is 1. The smallest absolute Gasteiger partial charge is 0.437 e. The number of nitrogens with zero attached hydrogens (tertiary/aromatic N) is 2. The van der Waals surface area contributed by atoms with Crippen LogP contribution in [-0.4, -0.2) is 21.3 Å². The number of halogens is 3. The van der Waals surface area contributed by atoms with Crippen molar-refractivity contribution in [2.45, 2.75) is 30.8 Å². The first-order valence-electron chi connectivity index (χ1n) is 11.0. The number of hydrogen-bond donors (Lipinski definition) is 1. The van der Waals surface area contributed by atoms with E-state index in [2.05, 4.69) is 4.98 Å². The Balaban J connectivity index is 2.00. The highest BCUT2D eigenvalue weighted by Gasteiger charge is 2.43. The molecule has 2 atom stereocenters. The molecule has 1 N–H and O–H groups in total. The second kappa shape index (κ2) is 10.4. The van der Waals surface area contributed by atoms with Crippen LogP contribution in [-0.2, 0) is 20.3 Å². The topological polar surface area (TPSA) is 92.1 Å². The Morgan fingerprint density at radius 3 is 2.19 bits per heavy atom. The highest BCUT2D eigenvalue weighted by molar-refractivity contribution is 7.89. The van der Waals surface area contributed by atoms with Gasteiger partial charge < -0.3 is 4.74 Å². The number of carbonyl (C=O) groups excluding carboxylic acids is 1. The number of rotatable bonds is 5. The van der Waals surface area contributed by atoms with Crippen LogP contribution in [0.25, 0.3) is 5.76 Å². The Hall–Kier alpha value is -4.23. The van der Waals surface area contributed by atoms with Gasteiger partial charge in [0.05, 0.1) is 21.6 Å². The molecule has 1 amide bonds. The molecule has 188 valence electrons. The van der Waals surface area contributed by atoms with Gasteiger partial charge in [0.1, 0.15) is 17.3 Å². The first-order valence-corrected chi connectivity index (χ1v) is 12.2. The van der Waals surface area contributed by atoms with Crippen molar-refractivity contribution in [3.63, 3.8) is 0 Å². The fourth-order valence-corrected chi connectivity index (χ4v) is 5.14. The molecule has 37 heavy (non-hydrogen) atoms. The van der Waals surface area contributed by atoms with Crippen LogP contribution in [0, 0.1) is 25.2 Å². The molecular weight excluding hydrogens is 503 g/mol. The lowest BCUT2D eigenvalue weighted by molar-refractivity contribution is -0.173. The number of ether oxygens (including phenoxy) is 1. The molecular formula is C27H20F3N3O3S. The van der Waals surface area contributed by atoms with Crippen molar-refractivity contribution in [3.05, 3.63) is 112 Å². The minimum absolute atomic E-state index is 0.110. The van der Waals surface area contributed by atoms with E-state index in [-0.39, 0.29) is 21.9 Å². The number of hydrogen-bond acceptors (Lipinski definition) is 5. The van der Waals surface area contributed by atoms with Crippen molar-refractivity contribution in [1.29, 1.82) is 5.26 Å². The van der Waals surface area contributed by atoms with Crippen LogP contribution < -0.4 is 5.32 Å². The molecule has 0 bridgehead atoms. The number of alkyl halides is 3. The second-order valence-corrected chi connectivity index (χ2v) is 9.69. The lowest BCUT2D eigenvalue weighted by atomic mass is 9.88. The first kappa shape index (κ1) is 25.9. The van der Waals surface area contributed by atoms with Gasteiger partial charge in [-0.15, -0.1) is 0 Å². The number of allylic oxidation sites excluding steroid dienone is 2. The monoisotopic (exact) mass is 523 g/mol. The zero-order valence-electron chi connectivity index (χ0n) is 19.7. The number of benzene rings is 2. The number of pyridine rings is 1. The van der Waals surface area contributed by atoms with Crippen LogP contribution >= 0.6 is 0 Å². The van der Waals surface area contributed by atoms with Crippen molar-refractivity contribution in [3.8, 4) is 6.07 Å². The summed E-state index contributed by atoms with van der Waals surface area (Å²) in [4.78, 5) is 16.6. The fourth-order valence-electron chi connectivity index (χ4n) is 3.72. The van der Waals surface area contributed by atoms with Crippen LogP contribution in [0.3, 0.4) is 0 Å². The van der Waals surface area contributed by atoms with E-state index in [0.29, 0.717) is 10.5 Å². The van der Waals surface area contributed by atoms with Gasteiger partial charge in [-0.25, -0.2) is 4.21 Å². The van der Waals surface area contributed by atoms with Gasteiger partial charge in [-0.05, 0) is 43.7 Å². The van der Waals surface area contributed by atoms with E-state index in [4.69, 9.17) is 4.74 Å². The molecule has 1 aromatic heterocycles. The fraction of sp³-hybridized carbons (Fsp3) is 0.148. The largest absolute Gasteiger partial charge is 0.471 e. The van der Waals surface area contributed by atoms with Crippen LogP contribution in [0.1, 0.15) is 28.3 Å². The SMILES string of the molecule is Cc1ccc(C2C(C#N)=C(NC(=O)C(F)(F)F)OC(c3ccccn3)=C2S(=O)c2ccc(C)cc2)cc1. The van der Waals surface area contributed by atoms with Crippen LogP contribution in [0.2, 0.25) is 0 Å². The Kier molecular flexibility index (Phi) is 7.27. The summed E-state index contributed by atoms with van der Waals surface area (Å²) in [5.41, 5.74) is 2.17. The van der Waals surface area contributed by atoms with E-state index < -0.39 is 34.7 Å². The molecule has 3 aromatic rings. The number of aromatic nitrogens is 1. The summed E-state index contributed by atoms with van der Waals surface area (Å²) >= 11 is 0. The van der Waals surface area contributed by atoms with E-state index in [1.54, 1.807) is 66.0 Å². The van der Waals surface area contributed by atoms with E-state index in [9.17, 15) is 27.4 Å². The molecule has 0 fully saturated rings. The molecule has 0 spiro atoms. The zero-order chi connectivity index (χ0) is 26.7. The summed E-state index contributed by atoms with van der Waals surface area (Å²) in [7, 11) is -1.92. The molecule has 10 heteroatoms. The van der Waals surface area contributed by atoms with Gasteiger partial charge in [-0.1, -0.05) is 53.6 Å². The number of carbonyl (C=O) groups is 1. The minimum Gasteiger partial charge on any atom is -0.437 e. The second-order valence-electron chi connectivity index (χ2n) is 8.24. The van der Waals surface area contributed by atoms with Gasteiger partial charge >= 0.3 is 12.1 Å². The summed E-state index contributed by atoms with van der Waals surface area (Å²) in [6.45, 7) is 3.72. The van der Waals surface area contributed by atoms with E-state index >= 15 is 0 Å². The maximum atomic E-state index is 14.0. The lowest BCUT2D eigenvalue weighted by Crippen LogP contribution is -2.38. The predicted molar refractivity (Wildman–Crippen MR) is 131 cm³/mol. The average Bonchev–Trinajstić information content (AvgIpc) is 2.88. The maximum absolute atomic E-state index is 14.0. The zero-order valence-corrected chi connectivity index (χ0v) is 20.5. The Morgan fingerprint density at radius 2 is 1.65 bits per heavy atom. The predicted octanol–water partition coefficient (Wildman–Crippen LogP) is 5.40. The van der Waals surface area contributed by atoms with Crippen LogP contribution in [0.15, 0.2) is 94.2 Å². The summed E-state index contributed by atoms with van der Waals surface area (Å²) in [5, 5.41) is 11.8. The quantitative estimate of drug-likeness (QED) is 0.483.